The molecule has 8 heteroatoms. The molecular formula is C18H19FN2O5. The Hall–Kier alpha value is -3.16. The Labute approximate surface area is 149 Å². The molecule has 0 spiro atoms. The van der Waals surface area contributed by atoms with E-state index in [0.717, 1.165) is 5.56 Å². The predicted molar refractivity (Wildman–Crippen MR) is 92.7 cm³/mol. The number of nitro benzene ring substituents is 1. The van der Waals surface area contributed by atoms with Gasteiger partial charge in [-0.15, -0.1) is 0 Å². The maximum Gasteiger partial charge on any atom is 0.273 e. The molecule has 1 N–H and O–H groups in total. The van der Waals surface area contributed by atoms with Crippen molar-refractivity contribution in [3.8, 4) is 11.5 Å². The Bertz CT molecular complexity index is 795. The van der Waals surface area contributed by atoms with Crippen molar-refractivity contribution in [2.45, 2.75) is 26.0 Å². The Morgan fingerprint density at radius 1 is 1.15 bits per heavy atom. The number of benzene rings is 2. The lowest BCUT2D eigenvalue weighted by Gasteiger charge is -2.20. The minimum Gasteiger partial charge on any atom is -0.493 e. The molecular weight excluding hydrogens is 343 g/mol. The van der Waals surface area contributed by atoms with Gasteiger partial charge in [0.2, 0.25) is 0 Å². The summed E-state index contributed by atoms with van der Waals surface area (Å²) >= 11 is 0. The highest BCUT2D eigenvalue weighted by atomic mass is 19.1. The van der Waals surface area contributed by atoms with Gasteiger partial charge in [-0.2, -0.15) is 0 Å². The molecule has 2 aromatic carbocycles. The summed E-state index contributed by atoms with van der Waals surface area (Å²) in [6.45, 7) is 3.27. The number of ether oxygens (including phenoxy) is 2. The summed E-state index contributed by atoms with van der Waals surface area (Å²) in [6.07, 6.45) is -0.922. The molecule has 7 nitrogen and oxygen atoms in total. The van der Waals surface area contributed by atoms with Gasteiger partial charge in [-0.25, -0.2) is 4.39 Å². The Kier molecular flexibility index (Phi) is 6.11. The van der Waals surface area contributed by atoms with Crippen LogP contribution in [0.3, 0.4) is 0 Å². The summed E-state index contributed by atoms with van der Waals surface area (Å²) in [5.74, 6) is -0.405. The molecule has 0 heterocycles. The monoisotopic (exact) mass is 362 g/mol. The van der Waals surface area contributed by atoms with E-state index in [1.807, 2.05) is 0 Å². The van der Waals surface area contributed by atoms with Crippen molar-refractivity contribution in [3.63, 3.8) is 0 Å². The normalized spacial score (nSPS) is 12.8. The number of rotatable bonds is 7. The van der Waals surface area contributed by atoms with Crippen LogP contribution in [0.4, 0.5) is 10.1 Å². The van der Waals surface area contributed by atoms with Crippen LogP contribution >= 0.6 is 0 Å². The van der Waals surface area contributed by atoms with E-state index in [-0.39, 0.29) is 29.0 Å². The maximum atomic E-state index is 13.0. The van der Waals surface area contributed by atoms with Crippen LogP contribution < -0.4 is 14.8 Å². The number of halogens is 1. The van der Waals surface area contributed by atoms with E-state index in [4.69, 9.17) is 9.47 Å². The van der Waals surface area contributed by atoms with E-state index < -0.39 is 16.9 Å². The number of hydrogen-bond acceptors (Lipinski definition) is 5. The molecule has 0 aliphatic carbocycles. The highest BCUT2D eigenvalue weighted by molar-refractivity contribution is 5.81. The Morgan fingerprint density at radius 2 is 1.81 bits per heavy atom. The zero-order chi connectivity index (χ0) is 19.3. The minimum atomic E-state index is -0.922. The summed E-state index contributed by atoms with van der Waals surface area (Å²) in [7, 11) is 1.40. The summed E-state index contributed by atoms with van der Waals surface area (Å²) < 4.78 is 23.6. The standard InChI is InChI=1S/C18H19FN2O5/c1-11(13-4-6-14(19)7-5-13)20-18(22)12(2)26-17-10-15(21(23)24)8-9-16(17)25-3/h4-12H,1-3H3,(H,20,22)/t11-,12-/m1/s1. The average Bonchev–Trinajstić information content (AvgIpc) is 2.61. The lowest BCUT2D eigenvalue weighted by atomic mass is 10.1. The van der Waals surface area contributed by atoms with E-state index in [1.54, 1.807) is 19.1 Å². The van der Waals surface area contributed by atoms with Crippen LogP contribution in [0.1, 0.15) is 25.5 Å². The number of non-ortho nitro benzene ring substituents is 1. The molecule has 138 valence electrons. The molecule has 0 saturated heterocycles. The zero-order valence-electron chi connectivity index (χ0n) is 14.6. The predicted octanol–water partition coefficient (Wildman–Crippen LogP) is 3.39. The molecule has 1 amide bonds. The average molecular weight is 362 g/mol. The quantitative estimate of drug-likeness (QED) is 0.602. The number of nitro groups is 1. The minimum absolute atomic E-state index is 0.0961. The fourth-order valence-electron chi connectivity index (χ4n) is 2.28. The topological polar surface area (TPSA) is 90.7 Å². The van der Waals surface area contributed by atoms with Gasteiger partial charge in [-0.1, -0.05) is 12.1 Å². The number of amides is 1. The zero-order valence-corrected chi connectivity index (χ0v) is 14.6. The summed E-state index contributed by atoms with van der Waals surface area (Å²) in [6, 6.07) is 9.31. The first-order valence-corrected chi connectivity index (χ1v) is 7.86. The van der Waals surface area contributed by atoms with Crippen LogP contribution in [0, 0.1) is 15.9 Å². The third kappa shape index (κ3) is 4.69. The van der Waals surface area contributed by atoms with Crippen molar-refractivity contribution in [2.75, 3.05) is 7.11 Å². The Morgan fingerprint density at radius 3 is 2.38 bits per heavy atom. The molecule has 2 aromatic rings. The van der Waals surface area contributed by atoms with Crippen LogP contribution in [0.5, 0.6) is 11.5 Å². The van der Waals surface area contributed by atoms with Crippen molar-refractivity contribution in [1.29, 1.82) is 0 Å². The molecule has 0 bridgehead atoms. The van der Waals surface area contributed by atoms with Gasteiger partial charge in [-0.05, 0) is 37.6 Å². The first-order valence-electron chi connectivity index (χ1n) is 7.86. The van der Waals surface area contributed by atoms with Crippen LogP contribution in [-0.2, 0) is 4.79 Å². The fraction of sp³-hybridized carbons (Fsp3) is 0.278. The van der Waals surface area contributed by atoms with Crippen LogP contribution in [0.15, 0.2) is 42.5 Å². The summed E-state index contributed by atoms with van der Waals surface area (Å²) in [5, 5.41) is 13.7. The van der Waals surface area contributed by atoms with Gasteiger partial charge in [0.1, 0.15) is 5.82 Å². The van der Waals surface area contributed by atoms with Gasteiger partial charge in [0.05, 0.1) is 24.1 Å². The van der Waals surface area contributed by atoms with Gasteiger partial charge < -0.3 is 14.8 Å². The van der Waals surface area contributed by atoms with E-state index >= 15 is 0 Å². The SMILES string of the molecule is COc1ccc([N+](=O)[O-])cc1O[C@H](C)C(=O)N[C@H](C)c1ccc(F)cc1. The molecule has 2 rings (SSSR count). The highest BCUT2D eigenvalue weighted by Gasteiger charge is 2.21. The van der Waals surface area contributed by atoms with Crippen molar-refractivity contribution in [1.82, 2.24) is 5.32 Å². The molecule has 0 radical (unpaired) electrons. The van der Waals surface area contributed by atoms with E-state index in [0.29, 0.717) is 0 Å². The number of carbonyl (C=O) groups excluding carboxylic acids is 1. The lowest BCUT2D eigenvalue weighted by Crippen LogP contribution is -2.37. The van der Waals surface area contributed by atoms with Gasteiger partial charge in [0.25, 0.3) is 11.6 Å². The largest absolute Gasteiger partial charge is 0.493 e. The molecule has 0 aliphatic rings. The summed E-state index contributed by atoms with van der Waals surface area (Å²) in [5.41, 5.74) is 0.563. The summed E-state index contributed by atoms with van der Waals surface area (Å²) in [4.78, 5) is 22.7. The van der Waals surface area contributed by atoms with E-state index in [9.17, 15) is 19.3 Å². The number of carbonyl (C=O) groups is 1. The van der Waals surface area contributed by atoms with Gasteiger partial charge in [0, 0.05) is 6.07 Å². The second-order valence-corrected chi connectivity index (χ2v) is 5.63. The third-order valence-corrected chi connectivity index (χ3v) is 3.76. The molecule has 2 atom stereocenters. The molecule has 0 saturated carbocycles. The van der Waals surface area contributed by atoms with Gasteiger partial charge >= 0.3 is 0 Å². The number of hydrogen-bond donors (Lipinski definition) is 1. The van der Waals surface area contributed by atoms with Crippen molar-refractivity contribution in [3.05, 3.63) is 64.0 Å². The molecule has 26 heavy (non-hydrogen) atoms. The molecule has 0 aromatic heterocycles. The second-order valence-electron chi connectivity index (χ2n) is 5.63. The Balaban J connectivity index is 2.07. The van der Waals surface area contributed by atoms with Crippen molar-refractivity contribution < 1.29 is 23.6 Å². The highest BCUT2D eigenvalue weighted by Crippen LogP contribution is 2.32. The molecule has 0 aliphatic heterocycles. The second kappa shape index (κ2) is 8.28. The van der Waals surface area contributed by atoms with Gasteiger partial charge in [-0.3, -0.25) is 14.9 Å². The van der Waals surface area contributed by atoms with Crippen molar-refractivity contribution >= 4 is 11.6 Å². The smallest absolute Gasteiger partial charge is 0.273 e. The number of nitrogens with zero attached hydrogens (tertiary/aromatic N) is 1. The first kappa shape index (κ1) is 19.2. The van der Waals surface area contributed by atoms with Gasteiger partial charge in [0.15, 0.2) is 17.6 Å². The number of methoxy groups -OCH3 is 1. The van der Waals surface area contributed by atoms with Crippen LogP contribution in [-0.4, -0.2) is 24.0 Å². The number of nitrogens with one attached hydrogen (secondary N) is 1. The lowest BCUT2D eigenvalue weighted by molar-refractivity contribution is -0.385. The van der Waals surface area contributed by atoms with Crippen LogP contribution in [0.25, 0.3) is 0 Å². The van der Waals surface area contributed by atoms with Crippen LogP contribution in [0.2, 0.25) is 0 Å². The van der Waals surface area contributed by atoms with E-state index in [2.05, 4.69) is 5.32 Å². The fourth-order valence-corrected chi connectivity index (χ4v) is 2.28. The molecule has 0 fully saturated rings. The van der Waals surface area contributed by atoms with E-state index in [1.165, 1.54) is 44.4 Å². The third-order valence-electron chi connectivity index (χ3n) is 3.76. The first-order chi connectivity index (χ1) is 12.3. The maximum absolute atomic E-state index is 13.0. The molecule has 0 unspecified atom stereocenters. The van der Waals surface area contributed by atoms with Crippen molar-refractivity contribution in [2.24, 2.45) is 0 Å².